The van der Waals surface area contributed by atoms with Gasteiger partial charge in [0.15, 0.2) is 11.6 Å². The fourth-order valence-corrected chi connectivity index (χ4v) is 3.69. The van der Waals surface area contributed by atoms with E-state index in [9.17, 15) is 18.9 Å². The van der Waals surface area contributed by atoms with Crippen LogP contribution in [0.25, 0.3) is 6.08 Å². The number of hydrogen-bond acceptors (Lipinski definition) is 4. The van der Waals surface area contributed by atoms with Crippen molar-refractivity contribution < 1.29 is 13.7 Å². The van der Waals surface area contributed by atoms with Crippen LogP contribution in [0.1, 0.15) is 18.1 Å². The second-order valence-corrected chi connectivity index (χ2v) is 7.56. The van der Waals surface area contributed by atoms with Crippen molar-refractivity contribution in [2.24, 2.45) is 0 Å². The molecule has 1 saturated heterocycles. The summed E-state index contributed by atoms with van der Waals surface area (Å²) in [7, 11) is 3.84. The molecule has 1 aliphatic heterocycles. The highest BCUT2D eigenvalue weighted by Crippen LogP contribution is 2.31. The number of nitro groups is 1. The van der Waals surface area contributed by atoms with E-state index in [1.807, 2.05) is 37.2 Å². The number of hydrogen-bond donors (Lipinski definition) is 0. The lowest BCUT2D eigenvalue weighted by Crippen LogP contribution is -2.58. The van der Waals surface area contributed by atoms with Crippen LogP contribution in [-0.4, -0.2) is 47.4 Å². The zero-order valence-electron chi connectivity index (χ0n) is 16.2. The molecule has 0 amide bonds. The summed E-state index contributed by atoms with van der Waals surface area (Å²) in [5.41, 5.74) is 0.969. The fraction of sp³-hybridized carbons (Fsp3) is 0.333. The predicted octanol–water partition coefficient (Wildman–Crippen LogP) is 4.09. The lowest BCUT2D eigenvalue weighted by Gasteiger charge is -2.48. The molecule has 1 fully saturated rings. The molecule has 3 rings (SSSR count). The van der Waals surface area contributed by atoms with Gasteiger partial charge in [-0.2, -0.15) is 0 Å². The van der Waals surface area contributed by atoms with Gasteiger partial charge in [0.2, 0.25) is 0 Å². The van der Waals surface area contributed by atoms with E-state index in [4.69, 9.17) is 0 Å². The predicted molar refractivity (Wildman–Crippen MR) is 105 cm³/mol. The van der Waals surface area contributed by atoms with Gasteiger partial charge in [0.25, 0.3) is 5.69 Å². The summed E-state index contributed by atoms with van der Waals surface area (Å²) in [6.07, 6.45) is 2.21. The summed E-state index contributed by atoms with van der Waals surface area (Å²) in [6, 6.07) is 11.9. The van der Waals surface area contributed by atoms with E-state index in [1.165, 1.54) is 11.6 Å². The molecule has 2 aromatic rings. The minimum Gasteiger partial charge on any atom is -0.375 e. The van der Waals surface area contributed by atoms with Crippen LogP contribution in [0.2, 0.25) is 0 Å². The lowest BCUT2D eigenvalue weighted by atomic mass is 9.88. The molecule has 7 heteroatoms. The average molecular weight is 387 g/mol. The molecule has 1 atom stereocenters. The van der Waals surface area contributed by atoms with Gasteiger partial charge in [-0.25, -0.2) is 8.78 Å². The number of halogens is 2. The number of nitrogens with zero attached hydrogens (tertiary/aromatic N) is 3. The van der Waals surface area contributed by atoms with Crippen LogP contribution in [0.5, 0.6) is 0 Å². The third-order valence-electron chi connectivity index (χ3n) is 5.43. The van der Waals surface area contributed by atoms with E-state index >= 15 is 0 Å². The minimum absolute atomic E-state index is 0.167. The summed E-state index contributed by atoms with van der Waals surface area (Å²) >= 11 is 0. The molecule has 5 nitrogen and oxygen atoms in total. The van der Waals surface area contributed by atoms with Gasteiger partial charge >= 0.3 is 0 Å². The summed E-state index contributed by atoms with van der Waals surface area (Å²) in [5.74, 6) is -2.30. The van der Waals surface area contributed by atoms with Gasteiger partial charge < -0.3 is 4.90 Å². The van der Waals surface area contributed by atoms with Crippen molar-refractivity contribution in [2.75, 3.05) is 27.2 Å². The minimum atomic E-state index is -1.20. The second kappa shape index (κ2) is 7.67. The highest BCUT2D eigenvalue weighted by molar-refractivity contribution is 5.64. The van der Waals surface area contributed by atoms with Crippen molar-refractivity contribution in [1.29, 1.82) is 0 Å². The molecule has 1 aliphatic rings. The van der Waals surface area contributed by atoms with Crippen molar-refractivity contribution in [3.8, 4) is 0 Å². The number of benzene rings is 2. The van der Waals surface area contributed by atoms with Gasteiger partial charge in [-0.05, 0) is 38.1 Å². The van der Waals surface area contributed by atoms with Crippen LogP contribution in [0.3, 0.4) is 0 Å². The molecule has 28 heavy (non-hydrogen) atoms. The Morgan fingerprint density at radius 1 is 1.18 bits per heavy atom. The lowest BCUT2D eigenvalue weighted by molar-refractivity contribution is -0.385. The normalized spacial score (nSPS) is 21.9. The maximum absolute atomic E-state index is 14.3. The molecule has 0 N–H and O–H groups in total. The van der Waals surface area contributed by atoms with Crippen molar-refractivity contribution in [2.45, 2.75) is 18.9 Å². The Balaban J connectivity index is 1.91. The second-order valence-electron chi connectivity index (χ2n) is 7.56. The van der Waals surface area contributed by atoms with Gasteiger partial charge in [-0.15, -0.1) is 0 Å². The number of nitro benzene ring substituents is 1. The van der Waals surface area contributed by atoms with Crippen LogP contribution in [0, 0.1) is 21.7 Å². The Bertz CT molecular complexity index is 917. The van der Waals surface area contributed by atoms with Crippen molar-refractivity contribution in [1.82, 2.24) is 9.80 Å². The molecule has 148 valence electrons. The topological polar surface area (TPSA) is 49.6 Å². The van der Waals surface area contributed by atoms with Gasteiger partial charge in [0, 0.05) is 37.4 Å². The number of likely N-dealkylation sites (N-methyl/N-ethyl adjacent to an activating group) is 2. The van der Waals surface area contributed by atoms with Crippen LogP contribution in [0.15, 0.2) is 48.2 Å². The maximum atomic E-state index is 14.3. The first-order valence-electron chi connectivity index (χ1n) is 9.00. The van der Waals surface area contributed by atoms with E-state index in [2.05, 4.69) is 24.0 Å². The molecule has 0 aromatic heterocycles. The molecule has 0 radical (unpaired) electrons. The highest BCUT2D eigenvalue weighted by Gasteiger charge is 2.36. The molecular formula is C21H23F2N3O2. The smallest absolute Gasteiger partial charge is 0.279 e. The Hall–Kier alpha value is -2.80. The quantitative estimate of drug-likeness (QED) is 0.586. The largest absolute Gasteiger partial charge is 0.375 e. The third kappa shape index (κ3) is 3.89. The Morgan fingerprint density at radius 3 is 2.50 bits per heavy atom. The van der Waals surface area contributed by atoms with E-state index in [0.717, 1.165) is 18.6 Å². The molecule has 2 aromatic carbocycles. The van der Waals surface area contributed by atoms with Gasteiger partial charge in [0.05, 0.1) is 10.5 Å². The molecule has 1 unspecified atom stereocenters. The van der Waals surface area contributed by atoms with Crippen molar-refractivity contribution in [3.05, 3.63) is 81.0 Å². The van der Waals surface area contributed by atoms with Gasteiger partial charge in [-0.3, -0.25) is 15.0 Å². The molecular weight excluding hydrogens is 364 g/mol. The number of piperazine rings is 1. The monoisotopic (exact) mass is 387 g/mol. The number of rotatable bonds is 4. The SMILES string of the molecule is CN1CC(C)(Cc2ccccc2)N(C)CC1=Cc1c([N+](=O)[O-])ccc(F)c1F. The molecule has 0 spiro atoms. The van der Waals surface area contributed by atoms with E-state index in [1.54, 1.807) is 0 Å². The van der Waals surface area contributed by atoms with Gasteiger partial charge in [0.1, 0.15) is 0 Å². The summed E-state index contributed by atoms with van der Waals surface area (Å²) < 4.78 is 28.0. The Labute approximate surface area is 163 Å². The standard InChI is InChI=1S/C21H23F2N3O2/c1-21(12-15-7-5-4-6-8-15)14-24(2)16(13-25(21)3)11-17-19(26(27)28)10-9-18(22)20(17)23/h4-11H,12-14H2,1-3H3. The molecule has 0 aliphatic carbocycles. The van der Waals surface area contributed by atoms with Gasteiger partial charge in [-0.1, -0.05) is 30.3 Å². The van der Waals surface area contributed by atoms with Crippen LogP contribution < -0.4 is 0 Å². The maximum Gasteiger partial charge on any atom is 0.279 e. The van der Waals surface area contributed by atoms with E-state index in [0.29, 0.717) is 18.8 Å². The third-order valence-corrected chi connectivity index (χ3v) is 5.43. The van der Waals surface area contributed by atoms with Crippen molar-refractivity contribution in [3.63, 3.8) is 0 Å². The average Bonchev–Trinajstić information content (AvgIpc) is 2.64. The zero-order valence-corrected chi connectivity index (χ0v) is 16.2. The van der Waals surface area contributed by atoms with Crippen LogP contribution in [0.4, 0.5) is 14.5 Å². The summed E-state index contributed by atoms with van der Waals surface area (Å²) in [4.78, 5) is 14.7. The highest BCUT2D eigenvalue weighted by atomic mass is 19.2. The first-order chi connectivity index (χ1) is 13.2. The first-order valence-corrected chi connectivity index (χ1v) is 9.00. The molecule has 0 bridgehead atoms. The fourth-order valence-electron chi connectivity index (χ4n) is 3.69. The molecule has 1 heterocycles. The Kier molecular flexibility index (Phi) is 5.47. The zero-order chi connectivity index (χ0) is 20.5. The van der Waals surface area contributed by atoms with E-state index in [-0.39, 0.29) is 11.1 Å². The summed E-state index contributed by atoms with van der Waals surface area (Å²) in [5, 5.41) is 11.2. The van der Waals surface area contributed by atoms with Crippen molar-refractivity contribution >= 4 is 11.8 Å². The first kappa shape index (κ1) is 19.9. The van der Waals surface area contributed by atoms with Crippen LogP contribution in [-0.2, 0) is 6.42 Å². The van der Waals surface area contributed by atoms with Crippen LogP contribution >= 0.6 is 0 Å². The molecule has 0 saturated carbocycles. The van der Waals surface area contributed by atoms with E-state index < -0.39 is 22.2 Å². The summed E-state index contributed by atoms with van der Waals surface area (Å²) in [6.45, 7) is 3.26. The Morgan fingerprint density at radius 2 is 1.86 bits per heavy atom.